The van der Waals surface area contributed by atoms with E-state index in [1.54, 1.807) is 20.5 Å². The molecule has 1 aliphatic rings. The van der Waals surface area contributed by atoms with Crippen LogP contribution in [0.3, 0.4) is 0 Å². The topological polar surface area (TPSA) is 67.2 Å². The van der Waals surface area contributed by atoms with E-state index in [4.69, 9.17) is 13.9 Å². The molecule has 0 aliphatic carbocycles. The van der Waals surface area contributed by atoms with Gasteiger partial charge < -0.3 is 19.2 Å². The number of methoxy groups -OCH3 is 2. The summed E-state index contributed by atoms with van der Waals surface area (Å²) in [5, 5.41) is 2.89. The predicted octanol–water partition coefficient (Wildman–Crippen LogP) is 1.73. The van der Waals surface area contributed by atoms with Gasteiger partial charge in [0.05, 0.1) is 33.6 Å². The molecule has 0 bridgehead atoms. The lowest BCUT2D eigenvalue weighted by atomic mass is 10.1. The molecule has 3 rings (SSSR count). The van der Waals surface area contributed by atoms with Gasteiger partial charge in [0.15, 0.2) is 11.5 Å². The minimum absolute atomic E-state index is 0.0275. The second-order valence-corrected chi connectivity index (χ2v) is 6.60. The maximum atomic E-state index is 12.1. The molecule has 1 fully saturated rings. The molecule has 1 amide bonds. The summed E-state index contributed by atoms with van der Waals surface area (Å²) < 4.78 is 15.9. The molecular formula is C20H27N3O4. The number of carbonyl (C=O) groups is 1. The van der Waals surface area contributed by atoms with Crippen LogP contribution < -0.4 is 14.8 Å². The normalized spacial score (nSPS) is 15.5. The van der Waals surface area contributed by atoms with Crippen molar-refractivity contribution in [2.75, 3.05) is 46.9 Å². The Balaban J connectivity index is 1.41. The summed E-state index contributed by atoms with van der Waals surface area (Å²) in [5.74, 6) is 2.29. The molecule has 0 atom stereocenters. The minimum atomic E-state index is 0.0275. The first kappa shape index (κ1) is 19.3. The quantitative estimate of drug-likeness (QED) is 0.760. The lowest BCUT2D eigenvalue weighted by Crippen LogP contribution is -2.49. The van der Waals surface area contributed by atoms with Crippen molar-refractivity contribution in [3.8, 4) is 11.5 Å². The van der Waals surface area contributed by atoms with Gasteiger partial charge in [0.2, 0.25) is 5.91 Å². The van der Waals surface area contributed by atoms with E-state index in [0.717, 1.165) is 50.0 Å². The summed E-state index contributed by atoms with van der Waals surface area (Å²) in [6, 6.07) is 9.70. The number of amides is 1. The Morgan fingerprint density at radius 3 is 2.48 bits per heavy atom. The second-order valence-electron chi connectivity index (χ2n) is 6.60. The third kappa shape index (κ3) is 5.48. The van der Waals surface area contributed by atoms with Crippen LogP contribution in [-0.2, 0) is 17.9 Å². The van der Waals surface area contributed by atoms with Crippen molar-refractivity contribution in [1.82, 2.24) is 15.1 Å². The van der Waals surface area contributed by atoms with Crippen molar-refractivity contribution in [2.24, 2.45) is 0 Å². The third-order valence-corrected chi connectivity index (χ3v) is 4.73. The maximum Gasteiger partial charge on any atom is 0.234 e. The SMILES string of the molecule is COc1ccc(CN2CCN(CC(=O)NCc3ccco3)CC2)cc1OC. The molecule has 27 heavy (non-hydrogen) atoms. The van der Waals surface area contributed by atoms with E-state index in [0.29, 0.717) is 13.1 Å². The average Bonchev–Trinajstić information content (AvgIpc) is 3.21. The summed E-state index contributed by atoms with van der Waals surface area (Å²) in [6.45, 7) is 5.33. The Labute approximate surface area is 159 Å². The highest BCUT2D eigenvalue weighted by Gasteiger charge is 2.19. The van der Waals surface area contributed by atoms with Crippen LogP contribution in [-0.4, -0.2) is 62.7 Å². The number of nitrogens with one attached hydrogen (secondary N) is 1. The van der Waals surface area contributed by atoms with Gasteiger partial charge in [-0.15, -0.1) is 0 Å². The van der Waals surface area contributed by atoms with Crippen LogP contribution in [0.15, 0.2) is 41.0 Å². The Bertz CT molecular complexity index is 725. The molecule has 146 valence electrons. The van der Waals surface area contributed by atoms with Gasteiger partial charge in [-0.3, -0.25) is 14.6 Å². The molecule has 0 saturated carbocycles. The summed E-state index contributed by atoms with van der Waals surface area (Å²) >= 11 is 0. The highest BCUT2D eigenvalue weighted by Crippen LogP contribution is 2.28. The fourth-order valence-electron chi connectivity index (χ4n) is 3.20. The summed E-state index contributed by atoms with van der Waals surface area (Å²) in [7, 11) is 3.29. The Morgan fingerprint density at radius 2 is 1.81 bits per heavy atom. The molecule has 1 aromatic carbocycles. The number of hydrogen-bond donors (Lipinski definition) is 1. The van der Waals surface area contributed by atoms with Crippen molar-refractivity contribution in [2.45, 2.75) is 13.1 Å². The summed E-state index contributed by atoms with van der Waals surface area (Å²) in [5.41, 5.74) is 1.19. The van der Waals surface area contributed by atoms with Gasteiger partial charge in [-0.25, -0.2) is 0 Å². The van der Waals surface area contributed by atoms with E-state index in [1.807, 2.05) is 24.3 Å². The first-order valence-corrected chi connectivity index (χ1v) is 9.12. The van der Waals surface area contributed by atoms with Crippen LogP contribution >= 0.6 is 0 Å². The number of furan rings is 1. The monoisotopic (exact) mass is 373 g/mol. The highest BCUT2D eigenvalue weighted by molar-refractivity contribution is 5.77. The van der Waals surface area contributed by atoms with Crippen LogP contribution in [0.1, 0.15) is 11.3 Å². The molecule has 0 unspecified atom stereocenters. The number of carbonyl (C=O) groups excluding carboxylic acids is 1. The number of ether oxygens (including phenoxy) is 2. The van der Waals surface area contributed by atoms with Crippen molar-refractivity contribution in [3.05, 3.63) is 47.9 Å². The van der Waals surface area contributed by atoms with E-state index in [-0.39, 0.29) is 5.91 Å². The van der Waals surface area contributed by atoms with Gasteiger partial charge in [0.25, 0.3) is 0 Å². The smallest absolute Gasteiger partial charge is 0.234 e. The molecule has 1 aromatic heterocycles. The fraction of sp³-hybridized carbons (Fsp3) is 0.450. The van der Waals surface area contributed by atoms with E-state index < -0.39 is 0 Å². The molecule has 1 saturated heterocycles. The zero-order chi connectivity index (χ0) is 19.1. The second kappa shape index (κ2) is 9.43. The zero-order valence-corrected chi connectivity index (χ0v) is 15.9. The van der Waals surface area contributed by atoms with Gasteiger partial charge in [-0.1, -0.05) is 6.07 Å². The van der Waals surface area contributed by atoms with E-state index in [2.05, 4.69) is 21.2 Å². The maximum absolute atomic E-state index is 12.1. The number of piperazine rings is 1. The van der Waals surface area contributed by atoms with Gasteiger partial charge in [0, 0.05) is 32.7 Å². The van der Waals surface area contributed by atoms with Gasteiger partial charge in [-0.2, -0.15) is 0 Å². The molecule has 0 spiro atoms. The van der Waals surface area contributed by atoms with Crippen LogP contribution in [0.5, 0.6) is 11.5 Å². The molecule has 0 radical (unpaired) electrons. The standard InChI is InChI=1S/C20H27N3O4/c1-25-18-6-5-16(12-19(18)26-2)14-22-7-9-23(10-8-22)15-20(24)21-13-17-4-3-11-27-17/h3-6,11-12H,7-10,13-15H2,1-2H3,(H,21,24). The van der Waals surface area contributed by atoms with E-state index >= 15 is 0 Å². The predicted molar refractivity (Wildman–Crippen MR) is 102 cm³/mol. The van der Waals surface area contributed by atoms with Crippen LogP contribution in [0.25, 0.3) is 0 Å². The number of hydrogen-bond acceptors (Lipinski definition) is 6. The van der Waals surface area contributed by atoms with Crippen LogP contribution in [0.4, 0.5) is 0 Å². The van der Waals surface area contributed by atoms with Crippen molar-refractivity contribution in [1.29, 1.82) is 0 Å². The lowest BCUT2D eigenvalue weighted by Gasteiger charge is -2.34. The zero-order valence-electron chi connectivity index (χ0n) is 15.9. The highest BCUT2D eigenvalue weighted by atomic mass is 16.5. The van der Waals surface area contributed by atoms with Crippen molar-refractivity contribution < 1.29 is 18.7 Å². The molecule has 1 aliphatic heterocycles. The first-order valence-electron chi connectivity index (χ1n) is 9.12. The minimum Gasteiger partial charge on any atom is -0.493 e. The van der Waals surface area contributed by atoms with E-state index in [9.17, 15) is 4.79 Å². The van der Waals surface area contributed by atoms with Gasteiger partial charge >= 0.3 is 0 Å². The number of nitrogens with zero attached hydrogens (tertiary/aromatic N) is 2. The van der Waals surface area contributed by atoms with Gasteiger partial charge in [0.1, 0.15) is 5.76 Å². The fourth-order valence-corrected chi connectivity index (χ4v) is 3.20. The van der Waals surface area contributed by atoms with Crippen LogP contribution in [0, 0.1) is 0 Å². The molecule has 7 heteroatoms. The number of benzene rings is 1. The van der Waals surface area contributed by atoms with Gasteiger partial charge in [-0.05, 0) is 29.8 Å². The lowest BCUT2D eigenvalue weighted by molar-refractivity contribution is -0.122. The Kier molecular flexibility index (Phi) is 6.73. The molecule has 7 nitrogen and oxygen atoms in total. The Hall–Kier alpha value is -2.51. The molecule has 1 N–H and O–H groups in total. The number of rotatable bonds is 8. The summed E-state index contributed by atoms with van der Waals surface area (Å²) in [4.78, 5) is 16.6. The first-order chi connectivity index (χ1) is 13.2. The van der Waals surface area contributed by atoms with Crippen molar-refractivity contribution in [3.63, 3.8) is 0 Å². The molecule has 2 aromatic rings. The molecule has 2 heterocycles. The summed E-state index contributed by atoms with van der Waals surface area (Å²) in [6.07, 6.45) is 1.61. The average molecular weight is 373 g/mol. The van der Waals surface area contributed by atoms with Crippen LogP contribution in [0.2, 0.25) is 0 Å². The largest absolute Gasteiger partial charge is 0.493 e. The van der Waals surface area contributed by atoms with E-state index in [1.165, 1.54) is 5.56 Å². The van der Waals surface area contributed by atoms with Crippen molar-refractivity contribution >= 4 is 5.91 Å². The third-order valence-electron chi connectivity index (χ3n) is 4.73. The molecular weight excluding hydrogens is 346 g/mol. The Morgan fingerprint density at radius 1 is 1.07 bits per heavy atom.